The molecule has 86 valence electrons. The molecule has 0 aromatic carbocycles. The van der Waals surface area contributed by atoms with Crippen LogP contribution in [0.2, 0.25) is 0 Å². The fraction of sp³-hybridized carbons (Fsp3) is 0.917. The van der Waals surface area contributed by atoms with E-state index in [0.717, 1.165) is 32.5 Å². The Bertz CT molecular complexity index is 262. The Morgan fingerprint density at radius 3 is 2.67 bits per heavy atom. The Labute approximate surface area is 92.2 Å². The summed E-state index contributed by atoms with van der Waals surface area (Å²) >= 11 is 0. The molecule has 2 aliphatic rings. The van der Waals surface area contributed by atoms with Crippen LogP contribution in [0.5, 0.6) is 0 Å². The molecular weight excluding hydrogens is 188 g/mol. The molecule has 0 saturated carbocycles. The lowest BCUT2D eigenvalue weighted by atomic mass is 9.93. The third kappa shape index (κ3) is 2.17. The molecule has 0 spiro atoms. The molecule has 0 aromatic heterocycles. The summed E-state index contributed by atoms with van der Waals surface area (Å²) in [6.07, 6.45) is 2.27. The van der Waals surface area contributed by atoms with Crippen LogP contribution in [-0.4, -0.2) is 36.5 Å². The summed E-state index contributed by atoms with van der Waals surface area (Å²) in [5.74, 6) is 0.826. The van der Waals surface area contributed by atoms with Crippen LogP contribution in [0.15, 0.2) is 0 Å². The Morgan fingerprint density at radius 1 is 1.47 bits per heavy atom. The summed E-state index contributed by atoms with van der Waals surface area (Å²) in [4.78, 5) is 14.3. The Balaban J connectivity index is 1.97. The SMILES string of the molecule is CC1CCNC1C(=O)N1CCC(C)(C)C1. The lowest BCUT2D eigenvalue weighted by Gasteiger charge is -2.24. The molecule has 2 fully saturated rings. The summed E-state index contributed by atoms with van der Waals surface area (Å²) in [5, 5.41) is 3.32. The number of nitrogens with one attached hydrogen (secondary N) is 1. The quantitative estimate of drug-likeness (QED) is 0.706. The van der Waals surface area contributed by atoms with E-state index in [2.05, 4.69) is 26.1 Å². The molecule has 0 bridgehead atoms. The van der Waals surface area contributed by atoms with Gasteiger partial charge in [-0.1, -0.05) is 20.8 Å². The normalized spacial score (nSPS) is 34.7. The second kappa shape index (κ2) is 3.78. The van der Waals surface area contributed by atoms with Crippen LogP contribution < -0.4 is 5.32 Å². The van der Waals surface area contributed by atoms with Gasteiger partial charge in [-0.3, -0.25) is 4.79 Å². The highest BCUT2D eigenvalue weighted by molar-refractivity contribution is 5.82. The van der Waals surface area contributed by atoms with E-state index in [1.165, 1.54) is 0 Å². The van der Waals surface area contributed by atoms with Crippen LogP contribution in [0.25, 0.3) is 0 Å². The minimum Gasteiger partial charge on any atom is -0.341 e. The molecule has 0 radical (unpaired) electrons. The van der Waals surface area contributed by atoms with Gasteiger partial charge in [0, 0.05) is 13.1 Å². The van der Waals surface area contributed by atoms with Gasteiger partial charge >= 0.3 is 0 Å². The maximum atomic E-state index is 12.2. The molecule has 2 rings (SSSR count). The number of hydrogen-bond donors (Lipinski definition) is 1. The van der Waals surface area contributed by atoms with Gasteiger partial charge in [-0.15, -0.1) is 0 Å². The summed E-state index contributed by atoms with van der Waals surface area (Å²) in [7, 11) is 0. The van der Waals surface area contributed by atoms with Crippen LogP contribution in [0.4, 0.5) is 0 Å². The van der Waals surface area contributed by atoms with E-state index in [4.69, 9.17) is 0 Å². The van der Waals surface area contributed by atoms with E-state index in [0.29, 0.717) is 17.2 Å². The summed E-state index contributed by atoms with van der Waals surface area (Å²) in [6, 6.07) is 0.0823. The minimum absolute atomic E-state index is 0.0823. The van der Waals surface area contributed by atoms with E-state index < -0.39 is 0 Å². The van der Waals surface area contributed by atoms with E-state index in [1.54, 1.807) is 0 Å². The van der Waals surface area contributed by atoms with Crippen LogP contribution in [-0.2, 0) is 4.79 Å². The average Bonchev–Trinajstić information content (AvgIpc) is 2.71. The first-order valence-electron chi connectivity index (χ1n) is 6.02. The third-order valence-electron chi connectivity index (χ3n) is 3.79. The molecule has 1 N–H and O–H groups in total. The number of carbonyl (C=O) groups excluding carboxylic acids is 1. The molecule has 0 aliphatic carbocycles. The van der Waals surface area contributed by atoms with Crippen LogP contribution >= 0.6 is 0 Å². The van der Waals surface area contributed by atoms with Gasteiger partial charge < -0.3 is 10.2 Å². The molecule has 2 aliphatic heterocycles. The molecule has 3 heteroatoms. The molecular formula is C12H22N2O. The first-order chi connectivity index (χ1) is 6.99. The van der Waals surface area contributed by atoms with Crippen molar-refractivity contribution in [1.82, 2.24) is 10.2 Å². The highest BCUT2D eigenvalue weighted by Crippen LogP contribution is 2.30. The second-order valence-corrected chi connectivity index (χ2v) is 5.87. The van der Waals surface area contributed by atoms with Gasteiger partial charge in [-0.05, 0) is 30.7 Å². The van der Waals surface area contributed by atoms with Gasteiger partial charge in [-0.25, -0.2) is 0 Å². The van der Waals surface area contributed by atoms with Gasteiger partial charge in [0.2, 0.25) is 5.91 Å². The lowest BCUT2D eigenvalue weighted by molar-refractivity contribution is -0.133. The molecule has 2 unspecified atom stereocenters. The van der Waals surface area contributed by atoms with Gasteiger partial charge in [-0.2, -0.15) is 0 Å². The zero-order valence-corrected chi connectivity index (χ0v) is 10.0. The maximum Gasteiger partial charge on any atom is 0.240 e. The molecule has 0 aromatic rings. The first-order valence-corrected chi connectivity index (χ1v) is 6.02. The second-order valence-electron chi connectivity index (χ2n) is 5.87. The number of carbonyl (C=O) groups is 1. The van der Waals surface area contributed by atoms with Crippen molar-refractivity contribution >= 4 is 5.91 Å². The number of hydrogen-bond acceptors (Lipinski definition) is 2. The largest absolute Gasteiger partial charge is 0.341 e. The van der Waals surface area contributed by atoms with Gasteiger partial charge in [0.15, 0.2) is 0 Å². The number of amides is 1. The Hall–Kier alpha value is -0.570. The predicted octanol–water partition coefficient (Wildman–Crippen LogP) is 1.24. The van der Waals surface area contributed by atoms with Crippen molar-refractivity contribution in [2.24, 2.45) is 11.3 Å². The van der Waals surface area contributed by atoms with E-state index in [-0.39, 0.29) is 6.04 Å². The molecule has 2 saturated heterocycles. The summed E-state index contributed by atoms with van der Waals surface area (Å²) < 4.78 is 0. The van der Waals surface area contributed by atoms with Gasteiger partial charge in [0.25, 0.3) is 0 Å². The van der Waals surface area contributed by atoms with Crippen LogP contribution in [0.3, 0.4) is 0 Å². The Morgan fingerprint density at radius 2 is 2.20 bits per heavy atom. The number of rotatable bonds is 1. The van der Waals surface area contributed by atoms with Crippen LogP contribution in [0.1, 0.15) is 33.6 Å². The molecule has 2 heterocycles. The lowest BCUT2D eigenvalue weighted by Crippen LogP contribution is -2.45. The van der Waals surface area contributed by atoms with E-state index in [9.17, 15) is 4.79 Å². The van der Waals surface area contributed by atoms with Crippen molar-refractivity contribution in [3.63, 3.8) is 0 Å². The monoisotopic (exact) mass is 210 g/mol. The highest BCUT2D eigenvalue weighted by atomic mass is 16.2. The number of nitrogens with zero attached hydrogens (tertiary/aromatic N) is 1. The third-order valence-corrected chi connectivity index (χ3v) is 3.79. The fourth-order valence-electron chi connectivity index (χ4n) is 2.66. The molecule has 3 nitrogen and oxygen atoms in total. The minimum atomic E-state index is 0.0823. The van der Waals surface area contributed by atoms with Crippen molar-refractivity contribution in [2.45, 2.75) is 39.7 Å². The van der Waals surface area contributed by atoms with Crippen molar-refractivity contribution in [3.8, 4) is 0 Å². The van der Waals surface area contributed by atoms with Gasteiger partial charge in [0.05, 0.1) is 6.04 Å². The van der Waals surface area contributed by atoms with Crippen LogP contribution in [0, 0.1) is 11.3 Å². The fourth-order valence-corrected chi connectivity index (χ4v) is 2.66. The maximum absolute atomic E-state index is 12.2. The predicted molar refractivity (Wildman–Crippen MR) is 60.5 cm³/mol. The van der Waals surface area contributed by atoms with Crippen molar-refractivity contribution in [1.29, 1.82) is 0 Å². The van der Waals surface area contributed by atoms with Crippen molar-refractivity contribution in [3.05, 3.63) is 0 Å². The topological polar surface area (TPSA) is 32.3 Å². The summed E-state index contributed by atoms with van der Waals surface area (Å²) in [6.45, 7) is 9.52. The summed E-state index contributed by atoms with van der Waals surface area (Å²) in [5.41, 5.74) is 0.317. The zero-order valence-electron chi connectivity index (χ0n) is 10.0. The average molecular weight is 210 g/mol. The van der Waals surface area contributed by atoms with Crippen molar-refractivity contribution in [2.75, 3.05) is 19.6 Å². The first kappa shape index (κ1) is 10.9. The smallest absolute Gasteiger partial charge is 0.240 e. The molecule has 1 amide bonds. The highest BCUT2D eigenvalue weighted by Gasteiger charge is 2.38. The Kier molecular flexibility index (Phi) is 2.75. The zero-order chi connectivity index (χ0) is 11.1. The van der Waals surface area contributed by atoms with Crippen molar-refractivity contribution < 1.29 is 4.79 Å². The van der Waals surface area contributed by atoms with E-state index >= 15 is 0 Å². The molecule has 2 atom stereocenters. The van der Waals surface area contributed by atoms with Gasteiger partial charge in [0.1, 0.15) is 0 Å². The standard InChI is InChI=1S/C12H22N2O/c1-9-4-6-13-10(9)11(15)14-7-5-12(2,3)8-14/h9-10,13H,4-8H2,1-3H3. The number of likely N-dealkylation sites (tertiary alicyclic amines) is 1. The molecule has 15 heavy (non-hydrogen) atoms. The van der Waals surface area contributed by atoms with E-state index in [1.807, 2.05) is 4.90 Å².